The van der Waals surface area contributed by atoms with Gasteiger partial charge in [0.1, 0.15) is 5.01 Å². The summed E-state index contributed by atoms with van der Waals surface area (Å²) in [6.45, 7) is 1.40. The fraction of sp³-hybridized carbons (Fsp3) is 0.471. The topological polar surface area (TPSA) is 65.8 Å². The number of aromatic hydroxyl groups is 1. The zero-order chi connectivity index (χ0) is 16.4. The molecule has 0 bridgehead atoms. The summed E-state index contributed by atoms with van der Waals surface area (Å²) in [5, 5.41) is 22.6. The predicted molar refractivity (Wildman–Crippen MR) is 90.8 cm³/mol. The number of aliphatic hydroxyl groups excluding tert-OH is 1. The molecule has 0 saturated heterocycles. The van der Waals surface area contributed by atoms with E-state index in [4.69, 9.17) is 4.74 Å². The van der Waals surface area contributed by atoms with Crippen molar-refractivity contribution in [3.63, 3.8) is 0 Å². The SMILES string of the molecule is COc1cc(-c2nc(CN(C)CC(O)C3CC3)cs2)ccc1O. The predicted octanol–water partition coefficient (Wildman–Crippen LogP) is 2.73. The van der Waals surface area contributed by atoms with Crippen LogP contribution in [-0.2, 0) is 6.54 Å². The third kappa shape index (κ3) is 4.02. The van der Waals surface area contributed by atoms with Crippen LogP contribution in [0.2, 0.25) is 0 Å². The number of phenols is 1. The Balaban J connectivity index is 1.65. The molecule has 1 saturated carbocycles. The molecule has 5 nitrogen and oxygen atoms in total. The average molecular weight is 334 g/mol. The van der Waals surface area contributed by atoms with Crippen molar-refractivity contribution >= 4 is 11.3 Å². The van der Waals surface area contributed by atoms with E-state index < -0.39 is 0 Å². The number of aromatic nitrogens is 1. The second-order valence-corrected chi connectivity index (χ2v) is 6.99. The summed E-state index contributed by atoms with van der Waals surface area (Å²) in [4.78, 5) is 6.76. The van der Waals surface area contributed by atoms with Gasteiger partial charge >= 0.3 is 0 Å². The van der Waals surface area contributed by atoms with Gasteiger partial charge in [0, 0.05) is 24.0 Å². The molecular weight excluding hydrogens is 312 g/mol. The minimum Gasteiger partial charge on any atom is -0.504 e. The molecule has 2 aromatic rings. The summed E-state index contributed by atoms with van der Waals surface area (Å²) in [6.07, 6.45) is 2.08. The van der Waals surface area contributed by atoms with Crippen LogP contribution in [0.3, 0.4) is 0 Å². The van der Waals surface area contributed by atoms with Crippen LogP contribution >= 0.6 is 11.3 Å². The molecule has 124 valence electrons. The Morgan fingerprint density at radius 1 is 1.43 bits per heavy atom. The lowest BCUT2D eigenvalue weighted by Crippen LogP contribution is -2.30. The molecule has 3 rings (SSSR count). The third-order valence-corrected chi connectivity index (χ3v) is 5.02. The smallest absolute Gasteiger partial charge is 0.161 e. The van der Waals surface area contributed by atoms with Crippen LogP contribution in [0.1, 0.15) is 18.5 Å². The molecule has 1 aliphatic rings. The van der Waals surface area contributed by atoms with Gasteiger partial charge in [-0.1, -0.05) is 0 Å². The van der Waals surface area contributed by atoms with Gasteiger partial charge in [-0.2, -0.15) is 0 Å². The molecule has 1 aromatic heterocycles. The fourth-order valence-electron chi connectivity index (χ4n) is 2.61. The zero-order valence-corrected chi connectivity index (χ0v) is 14.2. The van der Waals surface area contributed by atoms with Gasteiger partial charge in [0.15, 0.2) is 11.5 Å². The largest absolute Gasteiger partial charge is 0.504 e. The number of hydrogen-bond donors (Lipinski definition) is 2. The number of hydrogen-bond acceptors (Lipinski definition) is 6. The van der Waals surface area contributed by atoms with Crippen molar-refractivity contribution in [2.75, 3.05) is 20.7 Å². The lowest BCUT2D eigenvalue weighted by Gasteiger charge is -2.19. The van der Waals surface area contributed by atoms with Crippen LogP contribution in [0, 0.1) is 5.92 Å². The minimum absolute atomic E-state index is 0.127. The standard InChI is InChI=1S/C17H22N2O3S/c1-19(9-15(21)11-3-4-11)8-13-10-23-17(18-13)12-5-6-14(20)16(7-12)22-2/h5-7,10-11,15,20-21H,3-4,8-9H2,1-2H3. The first-order valence-corrected chi connectivity index (χ1v) is 8.63. The first kappa shape index (κ1) is 16.2. The molecule has 1 aliphatic carbocycles. The van der Waals surface area contributed by atoms with E-state index in [1.165, 1.54) is 7.11 Å². The van der Waals surface area contributed by atoms with Gasteiger partial charge in [-0.15, -0.1) is 11.3 Å². The number of benzene rings is 1. The Bertz CT molecular complexity index is 670. The Hall–Kier alpha value is -1.63. The maximum atomic E-state index is 10.0. The minimum atomic E-state index is -0.223. The van der Waals surface area contributed by atoms with Crippen molar-refractivity contribution in [2.45, 2.75) is 25.5 Å². The molecular formula is C17H22N2O3S. The van der Waals surface area contributed by atoms with E-state index in [1.54, 1.807) is 23.5 Å². The van der Waals surface area contributed by atoms with E-state index >= 15 is 0 Å². The number of aliphatic hydroxyl groups is 1. The number of ether oxygens (including phenoxy) is 1. The number of nitrogens with zero attached hydrogens (tertiary/aromatic N) is 2. The molecule has 0 aliphatic heterocycles. The van der Waals surface area contributed by atoms with Crippen molar-refractivity contribution in [3.8, 4) is 22.1 Å². The highest BCUT2D eigenvalue weighted by molar-refractivity contribution is 7.13. The van der Waals surface area contributed by atoms with Crippen LogP contribution < -0.4 is 4.74 Å². The lowest BCUT2D eigenvalue weighted by atomic mass is 10.2. The number of rotatable bonds is 7. The molecule has 1 heterocycles. The van der Waals surface area contributed by atoms with Gasteiger partial charge in [0.05, 0.1) is 18.9 Å². The molecule has 0 radical (unpaired) electrons. The normalized spacial score (nSPS) is 15.8. The Kier molecular flexibility index (Phi) is 4.84. The summed E-state index contributed by atoms with van der Waals surface area (Å²) in [5.41, 5.74) is 1.92. The highest BCUT2D eigenvalue weighted by atomic mass is 32.1. The van der Waals surface area contributed by atoms with E-state index in [2.05, 4.69) is 9.88 Å². The molecule has 1 aromatic carbocycles. The highest BCUT2D eigenvalue weighted by Crippen LogP contribution is 2.34. The monoisotopic (exact) mass is 334 g/mol. The Labute approximate surface area is 140 Å². The maximum absolute atomic E-state index is 10.0. The molecule has 0 amide bonds. The Morgan fingerprint density at radius 2 is 2.22 bits per heavy atom. The first-order valence-electron chi connectivity index (χ1n) is 7.75. The average Bonchev–Trinajstić information content (AvgIpc) is 3.28. The van der Waals surface area contributed by atoms with E-state index in [-0.39, 0.29) is 11.9 Å². The van der Waals surface area contributed by atoms with Crippen LogP contribution in [0.4, 0.5) is 0 Å². The number of thiazole rings is 1. The van der Waals surface area contributed by atoms with E-state index in [0.717, 1.165) is 35.7 Å². The van der Waals surface area contributed by atoms with Crippen molar-refractivity contribution in [3.05, 3.63) is 29.3 Å². The Morgan fingerprint density at radius 3 is 2.91 bits per heavy atom. The summed E-state index contributed by atoms with van der Waals surface area (Å²) in [5.74, 6) is 1.07. The summed E-state index contributed by atoms with van der Waals surface area (Å²) in [6, 6.07) is 5.24. The van der Waals surface area contributed by atoms with Crippen molar-refractivity contribution in [2.24, 2.45) is 5.92 Å². The van der Waals surface area contributed by atoms with Gasteiger partial charge in [-0.05, 0) is 44.0 Å². The number of methoxy groups -OCH3 is 1. The van der Waals surface area contributed by atoms with Crippen molar-refractivity contribution in [1.29, 1.82) is 0 Å². The van der Waals surface area contributed by atoms with Crippen LogP contribution in [0.15, 0.2) is 23.6 Å². The van der Waals surface area contributed by atoms with Crippen LogP contribution in [0.5, 0.6) is 11.5 Å². The lowest BCUT2D eigenvalue weighted by molar-refractivity contribution is 0.104. The van der Waals surface area contributed by atoms with E-state index in [9.17, 15) is 10.2 Å². The molecule has 1 unspecified atom stereocenters. The summed E-state index contributed by atoms with van der Waals surface area (Å²) < 4.78 is 5.14. The van der Waals surface area contributed by atoms with Gasteiger partial charge in [-0.3, -0.25) is 4.90 Å². The second kappa shape index (κ2) is 6.86. The van der Waals surface area contributed by atoms with E-state index in [0.29, 0.717) is 18.2 Å². The molecule has 2 N–H and O–H groups in total. The fourth-order valence-corrected chi connectivity index (χ4v) is 3.42. The van der Waals surface area contributed by atoms with Crippen LogP contribution in [-0.4, -0.2) is 46.9 Å². The van der Waals surface area contributed by atoms with Gasteiger partial charge in [-0.25, -0.2) is 4.98 Å². The third-order valence-electron chi connectivity index (χ3n) is 4.08. The summed E-state index contributed by atoms with van der Waals surface area (Å²) in [7, 11) is 3.54. The second-order valence-electron chi connectivity index (χ2n) is 6.13. The number of phenolic OH excluding ortho intramolecular Hbond substituents is 1. The molecule has 6 heteroatoms. The quantitative estimate of drug-likeness (QED) is 0.815. The van der Waals surface area contributed by atoms with Crippen LogP contribution in [0.25, 0.3) is 10.6 Å². The number of likely N-dealkylation sites (N-methyl/N-ethyl adjacent to an activating group) is 1. The summed E-state index contributed by atoms with van der Waals surface area (Å²) >= 11 is 1.57. The van der Waals surface area contributed by atoms with E-state index in [1.807, 2.05) is 18.5 Å². The van der Waals surface area contributed by atoms with Crippen molar-refractivity contribution < 1.29 is 14.9 Å². The molecule has 23 heavy (non-hydrogen) atoms. The van der Waals surface area contributed by atoms with Gasteiger partial charge < -0.3 is 14.9 Å². The molecule has 0 spiro atoms. The van der Waals surface area contributed by atoms with Gasteiger partial charge in [0.25, 0.3) is 0 Å². The van der Waals surface area contributed by atoms with Crippen molar-refractivity contribution in [1.82, 2.24) is 9.88 Å². The molecule has 1 atom stereocenters. The van der Waals surface area contributed by atoms with Gasteiger partial charge in [0.2, 0.25) is 0 Å². The maximum Gasteiger partial charge on any atom is 0.161 e. The first-order chi connectivity index (χ1) is 11.1. The highest BCUT2D eigenvalue weighted by Gasteiger charge is 2.30. The zero-order valence-electron chi connectivity index (χ0n) is 13.4. The molecule has 1 fully saturated rings.